The number of amides is 1. The van der Waals surface area contributed by atoms with Crippen molar-refractivity contribution in [3.05, 3.63) is 96.4 Å². The van der Waals surface area contributed by atoms with Crippen LogP contribution in [0, 0.1) is 6.92 Å². The number of aromatic nitrogens is 5. The maximum atomic E-state index is 12.8. The molecular weight excluding hydrogens is 404 g/mol. The van der Waals surface area contributed by atoms with Crippen LogP contribution in [0.15, 0.2) is 89.7 Å². The van der Waals surface area contributed by atoms with Gasteiger partial charge in [0.25, 0.3) is 5.91 Å². The number of pyridine rings is 1. The van der Waals surface area contributed by atoms with E-state index in [1.807, 2.05) is 31.2 Å². The fraction of sp³-hybridized carbons (Fsp3) is 0.0417. The van der Waals surface area contributed by atoms with E-state index in [2.05, 4.69) is 25.6 Å². The van der Waals surface area contributed by atoms with Crippen molar-refractivity contribution in [1.82, 2.24) is 25.0 Å². The van der Waals surface area contributed by atoms with Gasteiger partial charge in [-0.3, -0.25) is 4.79 Å². The molecule has 0 radical (unpaired) electrons. The molecule has 1 amide bonds. The van der Waals surface area contributed by atoms with Gasteiger partial charge < -0.3 is 9.73 Å². The van der Waals surface area contributed by atoms with Crippen LogP contribution in [-0.2, 0) is 0 Å². The number of nitrogens with zero attached hydrogens (tertiary/aromatic N) is 5. The van der Waals surface area contributed by atoms with Crippen LogP contribution in [0.2, 0.25) is 0 Å². The van der Waals surface area contributed by atoms with Crippen LogP contribution in [0.5, 0.6) is 0 Å². The van der Waals surface area contributed by atoms with E-state index in [0.29, 0.717) is 28.9 Å². The van der Waals surface area contributed by atoms with E-state index < -0.39 is 0 Å². The van der Waals surface area contributed by atoms with Gasteiger partial charge in [0, 0.05) is 35.3 Å². The number of carbonyl (C=O) groups is 1. The van der Waals surface area contributed by atoms with Crippen LogP contribution in [0.3, 0.4) is 0 Å². The van der Waals surface area contributed by atoms with Crippen LogP contribution in [-0.4, -0.2) is 30.9 Å². The molecule has 1 N–H and O–H groups in total. The summed E-state index contributed by atoms with van der Waals surface area (Å²) in [5.41, 5.74) is 3.75. The van der Waals surface area contributed by atoms with Crippen LogP contribution in [0.4, 0.5) is 5.69 Å². The topological polar surface area (TPSA) is 98.7 Å². The third-order valence-corrected chi connectivity index (χ3v) is 4.84. The smallest absolute Gasteiger partial charge is 0.255 e. The van der Waals surface area contributed by atoms with Crippen molar-refractivity contribution >= 4 is 11.6 Å². The summed E-state index contributed by atoms with van der Waals surface area (Å²) in [6.07, 6.45) is 5.07. The molecule has 5 aromatic rings. The second-order valence-corrected chi connectivity index (χ2v) is 7.14. The van der Waals surface area contributed by atoms with E-state index in [4.69, 9.17) is 4.42 Å². The van der Waals surface area contributed by atoms with E-state index in [1.54, 1.807) is 65.7 Å². The van der Waals surface area contributed by atoms with Crippen molar-refractivity contribution in [2.45, 2.75) is 6.92 Å². The quantitative estimate of drug-likeness (QED) is 0.446. The summed E-state index contributed by atoms with van der Waals surface area (Å²) >= 11 is 0. The van der Waals surface area contributed by atoms with Crippen LogP contribution in [0.1, 0.15) is 15.9 Å². The average Bonchev–Trinajstić information content (AvgIpc) is 3.52. The summed E-state index contributed by atoms with van der Waals surface area (Å²) < 4.78 is 7.42. The Kier molecular flexibility index (Phi) is 5.01. The van der Waals surface area contributed by atoms with Crippen LogP contribution in [0.25, 0.3) is 28.7 Å². The molecule has 0 aliphatic heterocycles. The molecule has 8 nitrogen and oxygen atoms in total. The Morgan fingerprint density at radius 2 is 1.72 bits per heavy atom. The molecule has 0 saturated heterocycles. The summed E-state index contributed by atoms with van der Waals surface area (Å²) in [4.78, 5) is 17.1. The van der Waals surface area contributed by atoms with Crippen molar-refractivity contribution in [2.75, 3.05) is 5.32 Å². The molecule has 156 valence electrons. The zero-order valence-electron chi connectivity index (χ0n) is 17.1. The third kappa shape index (κ3) is 3.89. The highest BCUT2D eigenvalue weighted by atomic mass is 16.4. The zero-order valence-corrected chi connectivity index (χ0v) is 17.1. The normalized spacial score (nSPS) is 10.8. The van der Waals surface area contributed by atoms with Gasteiger partial charge in [-0.05, 0) is 61.5 Å². The Labute approximate surface area is 183 Å². The number of anilines is 1. The second kappa shape index (κ2) is 8.27. The van der Waals surface area contributed by atoms with Crippen molar-refractivity contribution < 1.29 is 9.21 Å². The van der Waals surface area contributed by atoms with E-state index in [-0.39, 0.29) is 5.91 Å². The first kappa shape index (κ1) is 19.4. The largest absolute Gasteiger partial charge is 0.416 e. The maximum Gasteiger partial charge on any atom is 0.255 e. The minimum atomic E-state index is -0.260. The fourth-order valence-electron chi connectivity index (χ4n) is 3.26. The van der Waals surface area contributed by atoms with Gasteiger partial charge in [-0.1, -0.05) is 17.7 Å². The summed E-state index contributed by atoms with van der Waals surface area (Å²) in [7, 11) is 0. The van der Waals surface area contributed by atoms with Gasteiger partial charge in [-0.15, -0.1) is 10.2 Å². The summed E-state index contributed by atoms with van der Waals surface area (Å²) in [6.45, 7) is 2.01. The first-order chi connectivity index (χ1) is 15.7. The Hall–Kier alpha value is -4.59. The summed E-state index contributed by atoms with van der Waals surface area (Å²) in [6, 6.07) is 20.2. The first-order valence-corrected chi connectivity index (χ1v) is 9.95. The highest BCUT2D eigenvalue weighted by Crippen LogP contribution is 2.25. The van der Waals surface area contributed by atoms with Crippen molar-refractivity contribution in [3.63, 3.8) is 0 Å². The highest BCUT2D eigenvalue weighted by Gasteiger charge is 2.14. The number of hydrogen-bond acceptors (Lipinski definition) is 6. The second-order valence-electron chi connectivity index (χ2n) is 7.14. The molecule has 5 rings (SSSR count). The minimum absolute atomic E-state index is 0.260. The van der Waals surface area contributed by atoms with Crippen molar-refractivity contribution in [3.8, 4) is 28.7 Å². The van der Waals surface area contributed by atoms with Gasteiger partial charge in [0.2, 0.25) is 11.8 Å². The average molecular weight is 422 g/mol. The molecule has 0 unspecified atom stereocenters. The molecule has 8 heteroatoms. The molecule has 0 aliphatic rings. The van der Waals surface area contributed by atoms with Crippen LogP contribution >= 0.6 is 0 Å². The van der Waals surface area contributed by atoms with E-state index in [9.17, 15) is 4.79 Å². The lowest BCUT2D eigenvalue weighted by molar-refractivity contribution is 0.102. The lowest BCUT2D eigenvalue weighted by atomic mass is 10.1. The molecular formula is C24H18N6O2. The molecule has 3 aromatic heterocycles. The van der Waals surface area contributed by atoms with Gasteiger partial charge in [-0.25, -0.2) is 9.67 Å². The molecule has 0 aliphatic carbocycles. The number of nitrogens with one attached hydrogen (secondary N) is 1. The lowest BCUT2D eigenvalue weighted by Gasteiger charge is -2.10. The number of carbonyl (C=O) groups excluding carboxylic acids is 1. The van der Waals surface area contributed by atoms with Gasteiger partial charge in [0.1, 0.15) is 0 Å². The summed E-state index contributed by atoms with van der Waals surface area (Å²) in [5.74, 6) is 1.12. The number of hydrogen-bond donors (Lipinski definition) is 1. The molecule has 3 heterocycles. The van der Waals surface area contributed by atoms with Crippen molar-refractivity contribution in [1.29, 1.82) is 0 Å². The molecule has 0 saturated carbocycles. The minimum Gasteiger partial charge on any atom is -0.416 e. The SMILES string of the molecule is Cc1cccc(-c2nnc(-c3ccc(C(=O)Nc4cccnc4-n4cccn4)cc3)o2)c1. The Morgan fingerprint density at radius 3 is 2.47 bits per heavy atom. The van der Waals surface area contributed by atoms with Crippen molar-refractivity contribution in [2.24, 2.45) is 0 Å². The van der Waals surface area contributed by atoms with E-state index >= 15 is 0 Å². The third-order valence-electron chi connectivity index (χ3n) is 4.84. The van der Waals surface area contributed by atoms with Gasteiger partial charge in [0.15, 0.2) is 5.82 Å². The predicted octanol–water partition coefficient (Wildman–Crippen LogP) is 4.55. The number of rotatable bonds is 5. The molecule has 32 heavy (non-hydrogen) atoms. The Morgan fingerprint density at radius 1 is 0.906 bits per heavy atom. The monoisotopic (exact) mass is 422 g/mol. The molecule has 0 spiro atoms. The predicted molar refractivity (Wildman–Crippen MR) is 119 cm³/mol. The first-order valence-electron chi connectivity index (χ1n) is 9.95. The Balaban J connectivity index is 1.34. The Bertz CT molecular complexity index is 1370. The van der Waals surface area contributed by atoms with Gasteiger partial charge >= 0.3 is 0 Å². The zero-order chi connectivity index (χ0) is 21.9. The van der Waals surface area contributed by atoms with E-state index in [0.717, 1.165) is 16.7 Å². The molecule has 0 bridgehead atoms. The maximum absolute atomic E-state index is 12.8. The number of aryl methyl sites for hydroxylation is 1. The number of benzene rings is 2. The molecule has 0 atom stereocenters. The van der Waals surface area contributed by atoms with Crippen LogP contribution < -0.4 is 5.32 Å². The van der Waals surface area contributed by atoms with Gasteiger partial charge in [0.05, 0.1) is 5.69 Å². The molecule has 0 fully saturated rings. The fourth-order valence-corrected chi connectivity index (χ4v) is 3.26. The van der Waals surface area contributed by atoms with Gasteiger partial charge in [-0.2, -0.15) is 5.10 Å². The summed E-state index contributed by atoms with van der Waals surface area (Å²) in [5, 5.41) is 15.4. The van der Waals surface area contributed by atoms with E-state index in [1.165, 1.54) is 0 Å². The lowest BCUT2D eigenvalue weighted by Crippen LogP contribution is -2.14. The standard InChI is InChI=1S/C24H18N6O2/c1-16-5-2-6-19(15-16)24-29-28-23(32-24)18-10-8-17(9-11-18)22(31)27-20-7-3-12-25-21(20)30-14-4-13-26-30/h2-15H,1H3,(H,27,31). The highest BCUT2D eigenvalue weighted by molar-refractivity contribution is 6.05. The molecule has 2 aromatic carbocycles.